The van der Waals surface area contributed by atoms with Crippen LogP contribution in [-0.2, 0) is 19.1 Å². The number of rotatable bonds is 5. The quantitative estimate of drug-likeness (QED) is 0.706. The minimum atomic E-state index is -0.631. The van der Waals surface area contributed by atoms with Crippen molar-refractivity contribution in [1.82, 2.24) is 9.91 Å². The van der Waals surface area contributed by atoms with E-state index < -0.39 is 5.92 Å². The van der Waals surface area contributed by atoms with Gasteiger partial charge in [0.25, 0.3) is 5.91 Å². The molecule has 0 aromatic rings. The number of nitrogens with zero attached hydrogens (tertiary/aromatic N) is 3. The highest BCUT2D eigenvalue weighted by atomic mass is 16.7. The van der Waals surface area contributed by atoms with Gasteiger partial charge in [-0.15, -0.1) is 0 Å². The van der Waals surface area contributed by atoms with Gasteiger partial charge in [0.2, 0.25) is 5.91 Å². The van der Waals surface area contributed by atoms with Crippen LogP contribution in [0.2, 0.25) is 0 Å². The van der Waals surface area contributed by atoms with Gasteiger partial charge in [-0.25, -0.2) is 5.01 Å². The number of ether oxygens (including phenoxy) is 2. The first kappa shape index (κ1) is 18.3. The highest BCUT2D eigenvalue weighted by molar-refractivity contribution is 6.07. The van der Waals surface area contributed by atoms with E-state index in [0.717, 1.165) is 57.3 Å². The lowest BCUT2D eigenvalue weighted by molar-refractivity contribution is -0.168. The summed E-state index contributed by atoms with van der Waals surface area (Å²) in [5, 5.41) is 6.02. The Balaban J connectivity index is 1.65. The van der Waals surface area contributed by atoms with Crippen molar-refractivity contribution < 1.29 is 19.1 Å². The van der Waals surface area contributed by atoms with Crippen molar-refractivity contribution in [3.8, 4) is 0 Å². The molecule has 0 bridgehead atoms. The number of fused-ring (bicyclic) bond motifs is 1. The lowest BCUT2D eigenvalue weighted by Crippen LogP contribution is -2.52. The van der Waals surface area contributed by atoms with Crippen molar-refractivity contribution in [2.75, 3.05) is 33.9 Å². The van der Waals surface area contributed by atoms with Gasteiger partial charge >= 0.3 is 0 Å². The Kier molecular flexibility index (Phi) is 6.06. The summed E-state index contributed by atoms with van der Waals surface area (Å²) in [5.41, 5.74) is 1.000. The summed E-state index contributed by atoms with van der Waals surface area (Å²) >= 11 is 0. The molecule has 2 amide bonds. The topological polar surface area (TPSA) is 71.4 Å². The second-order valence-electron chi connectivity index (χ2n) is 7.28. The van der Waals surface area contributed by atoms with E-state index in [1.807, 2.05) is 0 Å². The molecule has 7 heteroatoms. The molecule has 2 fully saturated rings. The first-order valence-corrected chi connectivity index (χ1v) is 9.41. The van der Waals surface area contributed by atoms with Crippen molar-refractivity contribution in [3.05, 3.63) is 0 Å². The van der Waals surface area contributed by atoms with Crippen molar-refractivity contribution in [3.63, 3.8) is 0 Å². The van der Waals surface area contributed by atoms with Crippen LogP contribution in [0.4, 0.5) is 0 Å². The average molecular weight is 351 g/mol. The maximum absolute atomic E-state index is 12.9. The standard InChI is InChI=1S/C18H29N3O4/c1-20(2)17(22)16-13-7-3-4-8-14(13)19-21(18(16)23)10-12-25-15-9-5-6-11-24-15/h13,15-16H,3-12H2,1-2H3. The zero-order valence-corrected chi connectivity index (χ0v) is 15.3. The van der Waals surface area contributed by atoms with Crippen molar-refractivity contribution in [1.29, 1.82) is 0 Å². The smallest absolute Gasteiger partial charge is 0.255 e. The van der Waals surface area contributed by atoms with E-state index in [-0.39, 0.29) is 24.0 Å². The molecule has 0 N–H and O–H groups in total. The fourth-order valence-electron chi connectivity index (χ4n) is 3.87. The van der Waals surface area contributed by atoms with Crippen LogP contribution in [0.25, 0.3) is 0 Å². The predicted octanol–water partition coefficient (Wildman–Crippen LogP) is 1.62. The Morgan fingerprint density at radius 2 is 2.08 bits per heavy atom. The molecular weight excluding hydrogens is 322 g/mol. The Bertz CT molecular complexity index is 528. The normalized spacial score (nSPS) is 29.8. The molecule has 3 rings (SSSR count). The van der Waals surface area contributed by atoms with Gasteiger partial charge in [0.1, 0.15) is 5.92 Å². The van der Waals surface area contributed by atoms with Gasteiger partial charge in [-0.05, 0) is 38.5 Å². The Morgan fingerprint density at radius 3 is 2.80 bits per heavy atom. The van der Waals surface area contributed by atoms with Crippen molar-refractivity contribution in [2.24, 2.45) is 16.9 Å². The molecule has 2 heterocycles. The Hall–Kier alpha value is -1.47. The maximum atomic E-state index is 12.9. The molecule has 0 radical (unpaired) electrons. The summed E-state index contributed by atoms with van der Waals surface area (Å²) in [6, 6.07) is 0. The van der Waals surface area contributed by atoms with Crippen LogP contribution in [0.15, 0.2) is 5.10 Å². The summed E-state index contributed by atoms with van der Waals surface area (Å²) in [5.74, 6) is -0.975. The molecule has 0 spiro atoms. The SMILES string of the molecule is CN(C)C(=O)C1C(=O)N(CCOC2CCCCO2)N=C2CCCCC21. The molecule has 3 atom stereocenters. The highest BCUT2D eigenvalue weighted by Crippen LogP contribution is 2.34. The molecule has 3 aliphatic rings. The van der Waals surface area contributed by atoms with Crippen LogP contribution in [0.3, 0.4) is 0 Å². The van der Waals surface area contributed by atoms with E-state index in [0.29, 0.717) is 13.2 Å². The van der Waals surface area contributed by atoms with Crippen LogP contribution in [-0.4, -0.2) is 67.6 Å². The van der Waals surface area contributed by atoms with Gasteiger partial charge < -0.3 is 14.4 Å². The number of carbonyl (C=O) groups is 2. The van der Waals surface area contributed by atoms with Gasteiger partial charge in [-0.2, -0.15) is 5.10 Å². The summed E-state index contributed by atoms with van der Waals surface area (Å²) in [7, 11) is 3.41. The minimum absolute atomic E-state index is 0.0324. The summed E-state index contributed by atoms with van der Waals surface area (Å²) in [6.45, 7) is 1.48. The molecule has 1 saturated carbocycles. The largest absolute Gasteiger partial charge is 0.353 e. The molecule has 3 unspecified atom stereocenters. The van der Waals surface area contributed by atoms with Crippen molar-refractivity contribution >= 4 is 17.5 Å². The zero-order valence-electron chi connectivity index (χ0n) is 15.3. The third-order valence-corrected chi connectivity index (χ3v) is 5.25. The van der Waals surface area contributed by atoms with Crippen molar-refractivity contribution in [2.45, 2.75) is 51.2 Å². The van der Waals surface area contributed by atoms with E-state index in [2.05, 4.69) is 5.10 Å². The Labute approximate surface area is 149 Å². The van der Waals surface area contributed by atoms with E-state index in [1.165, 1.54) is 9.91 Å². The van der Waals surface area contributed by atoms with Crippen LogP contribution in [0, 0.1) is 11.8 Å². The second kappa shape index (κ2) is 8.27. The molecule has 1 aliphatic carbocycles. The van der Waals surface area contributed by atoms with E-state index in [4.69, 9.17) is 9.47 Å². The van der Waals surface area contributed by atoms with Gasteiger partial charge in [-0.1, -0.05) is 6.42 Å². The minimum Gasteiger partial charge on any atom is -0.353 e. The number of carbonyl (C=O) groups excluding carboxylic acids is 2. The summed E-state index contributed by atoms with van der Waals surface area (Å²) in [6.07, 6.45) is 6.77. The zero-order chi connectivity index (χ0) is 17.8. The first-order valence-electron chi connectivity index (χ1n) is 9.41. The number of hydrogen-bond donors (Lipinski definition) is 0. The predicted molar refractivity (Wildman–Crippen MR) is 92.8 cm³/mol. The third-order valence-electron chi connectivity index (χ3n) is 5.25. The highest BCUT2D eigenvalue weighted by Gasteiger charge is 2.45. The molecule has 140 valence electrons. The van der Waals surface area contributed by atoms with Crippen LogP contribution in [0.1, 0.15) is 44.9 Å². The number of hydrazone groups is 1. The second-order valence-corrected chi connectivity index (χ2v) is 7.28. The molecule has 2 aliphatic heterocycles. The van der Waals surface area contributed by atoms with E-state index in [9.17, 15) is 9.59 Å². The fraction of sp³-hybridized carbons (Fsp3) is 0.833. The summed E-state index contributed by atoms with van der Waals surface area (Å²) in [4.78, 5) is 27.0. The van der Waals surface area contributed by atoms with E-state index >= 15 is 0 Å². The van der Waals surface area contributed by atoms with Crippen LogP contribution < -0.4 is 0 Å². The molecule has 0 aromatic carbocycles. The number of amides is 2. The average Bonchev–Trinajstić information content (AvgIpc) is 2.62. The fourth-order valence-corrected chi connectivity index (χ4v) is 3.87. The lowest BCUT2D eigenvalue weighted by Gasteiger charge is -2.38. The lowest BCUT2D eigenvalue weighted by atomic mass is 9.76. The van der Waals surface area contributed by atoms with Crippen LogP contribution in [0.5, 0.6) is 0 Å². The molecule has 7 nitrogen and oxygen atoms in total. The molecule has 25 heavy (non-hydrogen) atoms. The third kappa shape index (κ3) is 4.20. The van der Waals surface area contributed by atoms with Gasteiger partial charge in [0.05, 0.1) is 13.2 Å². The van der Waals surface area contributed by atoms with Gasteiger partial charge in [0.15, 0.2) is 6.29 Å². The maximum Gasteiger partial charge on any atom is 0.255 e. The summed E-state index contributed by atoms with van der Waals surface area (Å²) < 4.78 is 11.3. The molecule has 1 saturated heterocycles. The number of hydrogen-bond acceptors (Lipinski definition) is 5. The van der Waals surface area contributed by atoms with Crippen LogP contribution >= 0.6 is 0 Å². The van der Waals surface area contributed by atoms with Gasteiger partial charge in [0, 0.05) is 32.3 Å². The van der Waals surface area contributed by atoms with E-state index in [1.54, 1.807) is 14.1 Å². The first-order chi connectivity index (χ1) is 12.1. The Morgan fingerprint density at radius 1 is 1.28 bits per heavy atom. The molecular formula is C18H29N3O4. The monoisotopic (exact) mass is 351 g/mol. The van der Waals surface area contributed by atoms with Gasteiger partial charge in [-0.3, -0.25) is 9.59 Å². The molecule has 0 aromatic heterocycles.